The summed E-state index contributed by atoms with van der Waals surface area (Å²) >= 11 is 0. The maximum Gasteiger partial charge on any atom is 0.234 e. The van der Waals surface area contributed by atoms with Crippen LogP contribution in [0.25, 0.3) is 0 Å². The number of ether oxygens (including phenoxy) is 2. The van der Waals surface area contributed by atoms with Crippen molar-refractivity contribution in [3.05, 3.63) is 23.8 Å². The molecule has 2 aliphatic rings. The van der Waals surface area contributed by atoms with Crippen molar-refractivity contribution in [1.29, 1.82) is 0 Å². The molecule has 1 N–H and O–H groups in total. The molecule has 0 aromatic heterocycles. The first-order valence-corrected chi connectivity index (χ1v) is 8.08. The molecule has 0 unspecified atom stereocenters. The zero-order chi connectivity index (χ0) is 15.4. The number of piperidine rings is 1. The van der Waals surface area contributed by atoms with E-state index in [0.717, 1.165) is 42.5 Å². The second-order valence-electron chi connectivity index (χ2n) is 6.25. The Hall–Kier alpha value is -1.75. The average molecular weight is 304 g/mol. The summed E-state index contributed by atoms with van der Waals surface area (Å²) in [4.78, 5) is 14.2. The molecule has 2 heterocycles. The lowest BCUT2D eigenvalue weighted by atomic mass is 9.99. The van der Waals surface area contributed by atoms with E-state index in [1.165, 1.54) is 12.8 Å². The molecular weight excluding hydrogens is 280 g/mol. The van der Waals surface area contributed by atoms with Crippen molar-refractivity contribution in [3.63, 3.8) is 0 Å². The minimum atomic E-state index is 0.121. The molecule has 0 bridgehead atoms. The predicted molar refractivity (Wildman–Crippen MR) is 84.1 cm³/mol. The molecule has 1 aromatic rings. The van der Waals surface area contributed by atoms with Crippen LogP contribution in [0.15, 0.2) is 18.2 Å². The lowest BCUT2D eigenvalue weighted by Gasteiger charge is -2.29. The molecule has 0 aliphatic carbocycles. The van der Waals surface area contributed by atoms with Crippen LogP contribution < -0.4 is 14.8 Å². The first-order chi connectivity index (χ1) is 10.7. The fourth-order valence-electron chi connectivity index (χ4n) is 2.92. The number of hydrogen-bond acceptors (Lipinski definition) is 4. The van der Waals surface area contributed by atoms with Gasteiger partial charge in [-0.1, -0.05) is 13.0 Å². The van der Waals surface area contributed by atoms with Crippen molar-refractivity contribution in [2.24, 2.45) is 5.92 Å². The van der Waals surface area contributed by atoms with E-state index in [9.17, 15) is 4.79 Å². The van der Waals surface area contributed by atoms with Gasteiger partial charge in [0, 0.05) is 6.54 Å². The van der Waals surface area contributed by atoms with E-state index in [4.69, 9.17) is 9.47 Å². The van der Waals surface area contributed by atoms with Gasteiger partial charge in [-0.2, -0.15) is 0 Å². The minimum Gasteiger partial charge on any atom is -0.454 e. The second kappa shape index (κ2) is 7.01. The number of nitrogens with one attached hydrogen (secondary N) is 1. The van der Waals surface area contributed by atoms with Crippen LogP contribution in [0.3, 0.4) is 0 Å². The fourth-order valence-corrected chi connectivity index (χ4v) is 2.92. The Balaban J connectivity index is 1.38. The molecule has 5 nitrogen and oxygen atoms in total. The highest BCUT2D eigenvalue weighted by atomic mass is 16.7. The molecular formula is C17H24N2O3. The third-order valence-corrected chi connectivity index (χ3v) is 4.42. The van der Waals surface area contributed by atoms with Gasteiger partial charge in [0.25, 0.3) is 0 Å². The molecule has 22 heavy (non-hydrogen) atoms. The third kappa shape index (κ3) is 3.91. The number of carbonyl (C=O) groups excluding carboxylic acids is 1. The number of benzene rings is 1. The molecule has 0 spiro atoms. The first kappa shape index (κ1) is 15.2. The van der Waals surface area contributed by atoms with E-state index in [-0.39, 0.29) is 5.91 Å². The summed E-state index contributed by atoms with van der Waals surface area (Å²) in [5, 5.41) is 3.00. The molecule has 5 heteroatoms. The first-order valence-electron chi connectivity index (χ1n) is 8.08. The van der Waals surface area contributed by atoms with Crippen molar-refractivity contribution in [2.75, 3.05) is 33.0 Å². The summed E-state index contributed by atoms with van der Waals surface area (Å²) in [5.74, 6) is 2.51. The van der Waals surface area contributed by atoms with E-state index in [1.54, 1.807) is 0 Å². The van der Waals surface area contributed by atoms with E-state index in [1.807, 2.05) is 18.2 Å². The van der Waals surface area contributed by atoms with Gasteiger partial charge in [-0.25, -0.2) is 0 Å². The quantitative estimate of drug-likeness (QED) is 0.901. The van der Waals surface area contributed by atoms with Gasteiger partial charge in [0.15, 0.2) is 11.5 Å². The van der Waals surface area contributed by atoms with Gasteiger partial charge in [0.05, 0.1) is 6.54 Å². The number of carbonyl (C=O) groups is 1. The Morgan fingerprint density at radius 1 is 1.27 bits per heavy atom. The van der Waals surface area contributed by atoms with Crippen LogP contribution >= 0.6 is 0 Å². The van der Waals surface area contributed by atoms with Crippen molar-refractivity contribution >= 4 is 5.91 Å². The normalized spacial score (nSPS) is 18.4. The summed E-state index contributed by atoms with van der Waals surface area (Å²) < 4.78 is 10.7. The monoisotopic (exact) mass is 304 g/mol. The summed E-state index contributed by atoms with van der Waals surface area (Å²) in [6.45, 7) is 5.83. The van der Waals surface area contributed by atoms with Crippen LogP contribution in [-0.4, -0.2) is 43.8 Å². The number of likely N-dealkylation sites (tertiary alicyclic amines) is 1. The van der Waals surface area contributed by atoms with Gasteiger partial charge < -0.3 is 14.8 Å². The lowest BCUT2D eigenvalue weighted by molar-refractivity contribution is -0.122. The molecule has 0 radical (unpaired) electrons. The van der Waals surface area contributed by atoms with Gasteiger partial charge in [-0.15, -0.1) is 0 Å². The molecule has 1 fully saturated rings. The largest absolute Gasteiger partial charge is 0.454 e. The average Bonchev–Trinajstić information content (AvgIpc) is 2.97. The molecule has 1 aromatic carbocycles. The van der Waals surface area contributed by atoms with Crippen LogP contribution in [-0.2, 0) is 11.2 Å². The van der Waals surface area contributed by atoms with Gasteiger partial charge in [0.1, 0.15) is 0 Å². The fraction of sp³-hybridized carbons (Fsp3) is 0.588. The van der Waals surface area contributed by atoms with Crippen molar-refractivity contribution in [3.8, 4) is 11.5 Å². The van der Waals surface area contributed by atoms with Gasteiger partial charge in [0.2, 0.25) is 12.7 Å². The van der Waals surface area contributed by atoms with E-state index < -0.39 is 0 Å². The Bertz CT molecular complexity index is 525. The summed E-state index contributed by atoms with van der Waals surface area (Å²) in [7, 11) is 0. The third-order valence-electron chi connectivity index (χ3n) is 4.42. The molecule has 1 saturated heterocycles. The predicted octanol–water partition coefficient (Wildman–Crippen LogP) is 1.81. The highest BCUT2D eigenvalue weighted by molar-refractivity contribution is 5.78. The SMILES string of the molecule is CC1CCN(CC(=O)NCCc2ccc3c(c2)OCO3)CC1. The lowest BCUT2D eigenvalue weighted by Crippen LogP contribution is -2.41. The summed E-state index contributed by atoms with van der Waals surface area (Å²) in [6, 6.07) is 5.93. The van der Waals surface area contributed by atoms with Crippen LogP contribution in [0.5, 0.6) is 11.5 Å². The Morgan fingerprint density at radius 3 is 2.86 bits per heavy atom. The second-order valence-corrected chi connectivity index (χ2v) is 6.25. The highest BCUT2D eigenvalue weighted by Crippen LogP contribution is 2.32. The molecule has 1 amide bonds. The van der Waals surface area contributed by atoms with E-state index in [2.05, 4.69) is 17.1 Å². The molecule has 0 atom stereocenters. The molecule has 0 saturated carbocycles. The van der Waals surface area contributed by atoms with Crippen molar-refractivity contribution in [2.45, 2.75) is 26.2 Å². The van der Waals surface area contributed by atoms with Crippen LogP contribution in [0.4, 0.5) is 0 Å². The highest BCUT2D eigenvalue weighted by Gasteiger charge is 2.18. The number of rotatable bonds is 5. The van der Waals surface area contributed by atoms with Crippen molar-refractivity contribution < 1.29 is 14.3 Å². The topological polar surface area (TPSA) is 50.8 Å². The van der Waals surface area contributed by atoms with E-state index >= 15 is 0 Å². The Labute approximate surface area is 131 Å². The zero-order valence-corrected chi connectivity index (χ0v) is 13.1. The molecule has 2 aliphatic heterocycles. The van der Waals surface area contributed by atoms with E-state index in [0.29, 0.717) is 19.9 Å². The minimum absolute atomic E-state index is 0.121. The van der Waals surface area contributed by atoms with Gasteiger partial charge in [-0.3, -0.25) is 9.69 Å². The van der Waals surface area contributed by atoms with Crippen LogP contribution in [0.1, 0.15) is 25.3 Å². The smallest absolute Gasteiger partial charge is 0.234 e. The number of hydrogen-bond donors (Lipinski definition) is 1. The molecule has 120 valence electrons. The summed E-state index contributed by atoms with van der Waals surface area (Å²) in [5.41, 5.74) is 1.15. The van der Waals surface area contributed by atoms with Crippen LogP contribution in [0.2, 0.25) is 0 Å². The summed E-state index contributed by atoms with van der Waals surface area (Å²) in [6.07, 6.45) is 3.20. The number of fused-ring (bicyclic) bond motifs is 1. The Kier molecular flexibility index (Phi) is 4.83. The number of amides is 1. The van der Waals surface area contributed by atoms with Gasteiger partial charge >= 0.3 is 0 Å². The maximum absolute atomic E-state index is 12.0. The van der Waals surface area contributed by atoms with Crippen LogP contribution in [0, 0.1) is 5.92 Å². The maximum atomic E-state index is 12.0. The Morgan fingerprint density at radius 2 is 2.05 bits per heavy atom. The standard InChI is InChI=1S/C17H24N2O3/c1-13-5-8-19(9-6-13)11-17(20)18-7-4-14-2-3-15-16(10-14)22-12-21-15/h2-3,10,13H,4-9,11-12H2,1H3,(H,18,20). The van der Waals surface area contributed by atoms with Gasteiger partial charge in [-0.05, 0) is 56.0 Å². The van der Waals surface area contributed by atoms with Crippen molar-refractivity contribution in [1.82, 2.24) is 10.2 Å². The zero-order valence-electron chi connectivity index (χ0n) is 13.1. The molecule has 3 rings (SSSR count). The number of nitrogens with zero attached hydrogens (tertiary/aromatic N) is 1.